The first kappa shape index (κ1) is 14.1. The van der Waals surface area contributed by atoms with Gasteiger partial charge in [0, 0.05) is 11.1 Å². The van der Waals surface area contributed by atoms with Gasteiger partial charge in [-0.15, -0.1) is 0 Å². The van der Waals surface area contributed by atoms with Gasteiger partial charge in [0.25, 0.3) is 0 Å². The summed E-state index contributed by atoms with van der Waals surface area (Å²) in [7, 11) is 1.62. The molecule has 0 saturated carbocycles. The highest BCUT2D eigenvalue weighted by Gasteiger charge is 2.13. The van der Waals surface area contributed by atoms with Crippen molar-refractivity contribution in [1.82, 2.24) is 0 Å². The van der Waals surface area contributed by atoms with Gasteiger partial charge in [0.15, 0.2) is 11.5 Å². The fourth-order valence-corrected chi connectivity index (χ4v) is 1.85. The van der Waals surface area contributed by atoms with Gasteiger partial charge in [0.05, 0.1) is 13.2 Å². The predicted octanol–water partition coefficient (Wildman–Crippen LogP) is 3.03. The molecule has 3 nitrogen and oxygen atoms in total. The smallest absolute Gasteiger partial charge is 0.164 e. The largest absolute Gasteiger partial charge is 0.493 e. The minimum atomic E-state index is 0.0988. The van der Waals surface area contributed by atoms with E-state index in [1.165, 1.54) is 0 Å². The van der Waals surface area contributed by atoms with Crippen molar-refractivity contribution in [2.75, 3.05) is 13.7 Å². The van der Waals surface area contributed by atoms with Crippen molar-refractivity contribution in [3.8, 4) is 11.5 Å². The molecule has 0 atom stereocenters. The molecule has 1 rings (SSSR count). The summed E-state index contributed by atoms with van der Waals surface area (Å²) < 4.78 is 11.1. The predicted molar refractivity (Wildman–Crippen MR) is 71.1 cm³/mol. The van der Waals surface area contributed by atoms with Crippen LogP contribution in [-0.2, 0) is 6.42 Å². The molecule has 0 aromatic heterocycles. The maximum Gasteiger partial charge on any atom is 0.164 e. The van der Waals surface area contributed by atoms with Gasteiger partial charge in [-0.3, -0.25) is 0 Å². The fourth-order valence-electron chi connectivity index (χ4n) is 1.62. The molecule has 1 aromatic rings. The quantitative estimate of drug-likeness (QED) is 0.852. The molecule has 0 saturated heterocycles. The SMILES string of the molecule is COc1cc(Cl)cc(CCCN)c1OC(C)C. The van der Waals surface area contributed by atoms with Crippen LogP contribution in [0, 0.1) is 0 Å². The zero-order valence-corrected chi connectivity index (χ0v) is 11.4. The van der Waals surface area contributed by atoms with Crippen molar-refractivity contribution < 1.29 is 9.47 Å². The van der Waals surface area contributed by atoms with Crippen molar-refractivity contribution in [3.63, 3.8) is 0 Å². The number of halogens is 1. The average Bonchev–Trinajstić information content (AvgIpc) is 2.28. The Morgan fingerprint density at radius 2 is 2.06 bits per heavy atom. The fraction of sp³-hybridized carbons (Fsp3) is 0.538. The van der Waals surface area contributed by atoms with Crippen LogP contribution in [0.5, 0.6) is 11.5 Å². The van der Waals surface area contributed by atoms with E-state index in [1.807, 2.05) is 19.9 Å². The maximum atomic E-state index is 6.05. The van der Waals surface area contributed by atoms with E-state index in [0.717, 1.165) is 24.2 Å². The first-order valence-electron chi connectivity index (χ1n) is 5.81. The number of ether oxygens (including phenoxy) is 2. The Labute approximate surface area is 108 Å². The summed E-state index contributed by atoms with van der Waals surface area (Å²) in [4.78, 5) is 0. The molecule has 17 heavy (non-hydrogen) atoms. The number of aryl methyl sites for hydroxylation is 1. The minimum absolute atomic E-state index is 0.0988. The van der Waals surface area contributed by atoms with Gasteiger partial charge in [0.1, 0.15) is 0 Å². The van der Waals surface area contributed by atoms with E-state index in [9.17, 15) is 0 Å². The van der Waals surface area contributed by atoms with Gasteiger partial charge >= 0.3 is 0 Å². The standard InChI is InChI=1S/C13H20ClNO2/c1-9(2)17-13-10(5-4-6-15)7-11(14)8-12(13)16-3/h7-9H,4-6,15H2,1-3H3. The number of hydrogen-bond acceptors (Lipinski definition) is 3. The third kappa shape index (κ3) is 4.10. The van der Waals surface area contributed by atoms with E-state index in [-0.39, 0.29) is 6.10 Å². The van der Waals surface area contributed by atoms with Crippen LogP contribution in [0.2, 0.25) is 5.02 Å². The molecule has 0 bridgehead atoms. The summed E-state index contributed by atoms with van der Waals surface area (Å²) in [5.41, 5.74) is 6.58. The third-order valence-electron chi connectivity index (χ3n) is 2.32. The summed E-state index contributed by atoms with van der Waals surface area (Å²) in [5.74, 6) is 1.46. The van der Waals surface area contributed by atoms with E-state index < -0.39 is 0 Å². The van der Waals surface area contributed by atoms with Gasteiger partial charge in [-0.1, -0.05) is 11.6 Å². The second-order valence-electron chi connectivity index (χ2n) is 4.16. The minimum Gasteiger partial charge on any atom is -0.493 e. The molecule has 0 amide bonds. The Balaban J connectivity index is 3.08. The van der Waals surface area contributed by atoms with Crippen molar-refractivity contribution in [2.45, 2.75) is 32.8 Å². The molecule has 0 fully saturated rings. The van der Waals surface area contributed by atoms with E-state index in [4.69, 9.17) is 26.8 Å². The molecular formula is C13H20ClNO2. The average molecular weight is 258 g/mol. The monoisotopic (exact) mass is 257 g/mol. The van der Waals surface area contributed by atoms with E-state index >= 15 is 0 Å². The molecule has 0 spiro atoms. The number of hydrogen-bond donors (Lipinski definition) is 1. The lowest BCUT2D eigenvalue weighted by Gasteiger charge is -2.18. The lowest BCUT2D eigenvalue weighted by atomic mass is 10.1. The Morgan fingerprint density at radius 3 is 2.59 bits per heavy atom. The normalized spacial score (nSPS) is 10.7. The summed E-state index contributed by atoms with van der Waals surface area (Å²) >= 11 is 6.05. The van der Waals surface area contributed by atoms with Gasteiger partial charge in [0.2, 0.25) is 0 Å². The Kier molecular flexibility index (Phi) is 5.59. The van der Waals surface area contributed by atoms with Crippen molar-refractivity contribution in [2.24, 2.45) is 5.73 Å². The number of nitrogens with two attached hydrogens (primary N) is 1. The molecule has 96 valence electrons. The van der Waals surface area contributed by atoms with E-state index in [1.54, 1.807) is 13.2 Å². The van der Waals surface area contributed by atoms with Crippen LogP contribution in [0.15, 0.2) is 12.1 Å². The Hall–Kier alpha value is -0.930. The zero-order valence-electron chi connectivity index (χ0n) is 10.6. The molecule has 0 unspecified atom stereocenters. The van der Waals surface area contributed by atoms with Crippen LogP contribution in [0.25, 0.3) is 0 Å². The molecule has 2 N–H and O–H groups in total. The lowest BCUT2D eigenvalue weighted by Crippen LogP contribution is -2.10. The van der Waals surface area contributed by atoms with Crippen molar-refractivity contribution in [1.29, 1.82) is 0 Å². The second kappa shape index (κ2) is 6.72. The highest BCUT2D eigenvalue weighted by Crippen LogP contribution is 2.36. The molecular weight excluding hydrogens is 238 g/mol. The summed E-state index contributed by atoms with van der Waals surface area (Å²) in [6.45, 7) is 4.62. The molecule has 0 aliphatic rings. The number of methoxy groups -OCH3 is 1. The van der Waals surface area contributed by atoms with E-state index in [2.05, 4.69) is 0 Å². The van der Waals surface area contributed by atoms with Gasteiger partial charge in [-0.2, -0.15) is 0 Å². The lowest BCUT2D eigenvalue weighted by molar-refractivity contribution is 0.227. The van der Waals surface area contributed by atoms with E-state index in [0.29, 0.717) is 17.3 Å². The summed E-state index contributed by atoms with van der Waals surface area (Å²) in [6.07, 6.45) is 1.84. The molecule has 1 aromatic carbocycles. The first-order valence-corrected chi connectivity index (χ1v) is 6.19. The Bertz CT molecular complexity index is 367. The highest BCUT2D eigenvalue weighted by molar-refractivity contribution is 6.30. The number of rotatable bonds is 6. The molecule has 4 heteroatoms. The third-order valence-corrected chi connectivity index (χ3v) is 2.54. The van der Waals surface area contributed by atoms with Crippen molar-refractivity contribution >= 4 is 11.6 Å². The summed E-state index contributed by atoms with van der Waals surface area (Å²) in [5, 5.41) is 0.657. The zero-order chi connectivity index (χ0) is 12.8. The molecule has 0 aliphatic carbocycles. The summed E-state index contributed by atoms with van der Waals surface area (Å²) in [6, 6.07) is 3.68. The topological polar surface area (TPSA) is 44.5 Å². The van der Waals surface area contributed by atoms with Crippen LogP contribution in [0.1, 0.15) is 25.8 Å². The molecule has 0 heterocycles. The maximum absolute atomic E-state index is 6.05. The Morgan fingerprint density at radius 1 is 1.35 bits per heavy atom. The molecule has 0 radical (unpaired) electrons. The second-order valence-corrected chi connectivity index (χ2v) is 4.59. The number of benzene rings is 1. The van der Waals surface area contributed by atoms with Crippen molar-refractivity contribution in [3.05, 3.63) is 22.7 Å². The highest BCUT2D eigenvalue weighted by atomic mass is 35.5. The van der Waals surface area contributed by atoms with Crippen LogP contribution in [0.3, 0.4) is 0 Å². The van der Waals surface area contributed by atoms with Gasteiger partial charge < -0.3 is 15.2 Å². The van der Waals surface area contributed by atoms with Crippen LogP contribution < -0.4 is 15.2 Å². The van der Waals surface area contributed by atoms with Gasteiger partial charge in [-0.05, 0) is 44.9 Å². The molecule has 0 aliphatic heterocycles. The van der Waals surface area contributed by atoms with Crippen LogP contribution in [0.4, 0.5) is 0 Å². The first-order chi connectivity index (χ1) is 8.08. The van der Waals surface area contributed by atoms with Crippen LogP contribution in [-0.4, -0.2) is 19.8 Å². The van der Waals surface area contributed by atoms with Gasteiger partial charge in [-0.25, -0.2) is 0 Å². The van der Waals surface area contributed by atoms with Crippen LogP contribution >= 0.6 is 11.6 Å².